The zero-order valence-electron chi connectivity index (χ0n) is 11.5. The third kappa shape index (κ3) is 3.60. The van der Waals surface area contributed by atoms with Crippen molar-refractivity contribution in [3.63, 3.8) is 0 Å². The molecular formula is C15H14Cl2N2O2. The SMILES string of the molecule is CNc1ccc(Cl)cc1C(=O)Nc1cc(OC)ccc1Cl. The van der Waals surface area contributed by atoms with Gasteiger partial charge in [-0.05, 0) is 30.3 Å². The summed E-state index contributed by atoms with van der Waals surface area (Å²) < 4.78 is 5.12. The maximum atomic E-state index is 12.4. The lowest BCUT2D eigenvalue weighted by Crippen LogP contribution is -2.14. The second-order valence-corrected chi connectivity index (χ2v) is 5.08. The monoisotopic (exact) mass is 324 g/mol. The molecular weight excluding hydrogens is 311 g/mol. The van der Waals surface area contributed by atoms with Crippen LogP contribution < -0.4 is 15.4 Å². The van der Waals surface area contributed by atoms with Crippen molar-refractivity contribution in [1.82, 2.24) is 0 Å². The van der Waals surface area contributed by atoms with E-state index in [1.165, 1.54) is 0 Å². The highest BCUT2D eigenvalue weighted by Crippen LogP contribution is 2.28. The Morgan fingerprint density at radius 1 is 1.10 bits per heavy atom. The minimum Gasteiger partial charge on any atom is -0.497 e. The Kier molecular flexibility index (Phi) is 4.94. The van der Waals surface area contributed by atoms with Gasteiger partial charge in [0, 0.05) is 23.8 Å². The first-order chi connectivity index (χ1) is 10.0. The summed E-state index contributed by atoms with van der Waals surface area (Å²) in [5.41, 5.74) is 1.59. The van der Waals surface area contributed by atoms with Crippen LogP contribution in [0.4, 0.5) is 11.4 Å². The van der Waals surface area contributed by atoms with Gasteiger partial charge in [0.05, 0.1) is 23.4 Å². The van der Waals surface area contributed by atoms with Crippen molar-refractivity contribution in [2.75, 3.05) is 24.8 Å². The van der Waals surface area contributed by atoms with E-state index in [0.29, 0.717) is 32.7 Å². The smallest absolute Gasteiger partial charge is 0.257 e. The number of benzene rings is 2. The molecule has 0 fully saturated rings. The lowest BCUT2D eigenvalue weighted by atomic mass is 10.1. The van der Waals surface area contributed by atoms with Gasteiger partial charge in [-0.15, -0.1) is 0 Å². The predicted molar refractivity (Wildman–Crippen MR) is 87.0 cm³/mol. The Balaban J connectivity index is 2.32. The second-order valence-electron chi connectivity index (χ2n) is 4.24. The molecule has 0 saturated heterocycles. The van der Waals surface area contributed by atoms with Crippen molar-refractivity contribution in [1.29, 1.82) is 0 Å². The first kappa shape index (κ1) is 15.5. The quantitative estimate of drug-likeness (QED) is 0.881. The second kappa shape index (κ2) is 6.70. The molecule has 1 amide bonds. The Bertz CT molecular complexity index is 675. The van der Waals surface area contributed by atoms with Crippen molar-refractivity contribution < 1.29 is 9.53 Å². The normalized spacial score (nSPS) is 10.1. The van der Waals surface area contributed by atoms with E-state index >= 15 is 0 Å². The van der Waals surface area contributed by atoms with Crippen LogP contribution in [-0.4, -0.2) is 20.1 Å². The molecule has 0 aromatic heterocycles. The molecule has 2 aromatic carbocycles. The van der Waals surface area contributed by atoms with Gasteiger partial charge in [0.2, 0.25) is 0 Å². The number of ether oxygens (including phenoxy) is 1. The molecule has 0 spiro atoms. The molecule has 4 nitrogen and oxygen atoms in total. The van der Waals surface area contributed by atoms with Gasteiger partial charge in [0.15, 0.2) is 0 Å². The zero-order chi connectivity index (χ0) is 15.4. The van der Waals surface area contributed by atoms with Gasteiger partial charge < -0.3 is 15.4 Å². The first-order valence-corrected chi connectivity index (χ1v) is 6.93. The Morgan fingerprint density at radius 2 is 1.86 bits per heavy atom. The number of hydrogen-bond donors (Lipinski definition) is 2. The van der Waals surface area contributed by atoms with E-state index in [2.05, 4.69) is 10.6 Å². The highest BCUT2D eigenvalue weighted by atomic mass is 35.5. The van der Waals surface area contributed by atoms with Gasteiger partial charge in [0.25, 0.3) is 5.91 Å². The van der Waals surface area contributed by atoms with Gasteiger partial charge in [-0.1, -0.05) is 23.2 Å². The molecule has 6 heteroatoms. The highest BCUT2D eigenvalue weighted by Gasteiger charge is 2.13. The number of anilines is 2. The number of methoxy groups -OCH3 is 1. The minimum absolute atomic E-state index is 0.308. The number of rotatable bonds is 4. The van der Waals surface area contributed by atoms with E-state index in [1.807, 2.05) is 0 Å². The fourth-order valence-electron chi connectivity index (χ4n) is 1.84. The van der Waals surface area contributed by atoms with Gasteiger partial charge in [0.1, 0.15) is 5.75 Å². The molecule has 21 heavy (non-hydrogen) atoms. The van der Waals surface area contributed by atoms with E-state index in [-0.39, 0.29) is 5.91 Å². The average molecular weight is 325 g/mol. The Hall–Kier alpha value is -1.91. The van der Waals surface area contributed by atoms with Crippen LogP contribution in [0.25, 0.3) is 0 Å². The summed E-state index contributed by atoms with van der Waals surface area (Å²) in [5.74, 6) is 0.298. The molecule has 0 aliphatic rings. The maximum Gasteiger partial charge on any atom is 0.257 e. The summed E-state index contributed by atoms with van der Waals surface area (Å²) in [4.78, 5) is 12.4. The van der Waals surface area contributed by atoms with E-state index in [0.717, 1.165) is 0 Å². The molecule has 2 N–H and O–H groups in total. The summed E-state index contributed by atoms with van der Waals surface area (Å²) in [6.45, 7) is 0. The van der Waals surface area contributed by atoms with Crippen LogP contribution in [0.15, 0.2) is 36.4 Å². The van der Waals surface area contributed by atoms with E-state index in [1.54, 1.807) is 50.6 Å². The summed E-state index contributed by atoms with van der Waals surface area (Å²) in [6, 6.07) is 10.1. The maximum absolute atomic E-state index is 12.4. The van der Waals surface area contributed by atoms with Crippen molar-refractivity contribution in [2.24, 2.45) is 0 Å². The van der Waals surface area contributed by atoms with Crippen molar-refractivity contribution in [3.05, 3.63) is 52.0 Å². The molecule has 0 atom stereocenters. The topological polar surface area (TPSA) is 50.4 Å². The third-order valence-corrected chi connectivity index (χ3v) is 3.48. The summed E-state index contributed by atoms with van der Waals surface area (Å²) >= 11 is 12.0. The third-order valence-electron chi connectivity index (χ3n) is 2.92. The minimum atomic E-state index is -0.308. The average Bonchev–Trinajstić information content (AvgIpc) is 2.49. The molecule has 0 heterocycles. The van der Waals surface area contributed by atoms with Crippen molar-refractivity contribution in [2.45, 2.75) is 0 Å². The highest BCUT2D eigenvalue weighted by molar-refractivity contribution is 6.34. The standard InChI is InChI=1S/C15H14Cl2N2O2/c1-18-13-6-3-9(16)7-11(13)15(20)19-14-8-10(21-2)4-5-12(14)17/h3-8,18H,1-2H3,(H,19,20). The lowest BCUT2D eigenvalue weighted by Gasteiger charge is -2.12. The molecule has 0 aliphatic heterocycles. The number of nitrogens with one attached hydrogen (secondary N) is 2. The van der Waals surface area contributed by atoms with E-state index in [9.17, 15) is 4.79 Å². The molecule has 110 valence electrons. The number of hydrogen-bond acceptors (Lipinski definition) is 3. The van der Waals surface area contributed by atoms with Crippen LogP contribution >= 0.6 is 23.2 Å². The molecule has 2 rings (SSSR count). The molecule has 0 aliphatic carbocycles. The Labute approximate surface area is 133 Å². The summed E-state index contributed by atoms with van der Waals surface area (Å²) in [7, 11) is 3.28. The molecule has 0 bridgehead atoms. The van der Waals surface area contributed by atoms with Crippen molar-refractivity contribution in [3.8, 4) is 5.75 Å². The first-order valence-electron chi connectivity index (χ1n) is 6.17. The van der Waals surface area contributed by atoms with Crippen LogP contribution in [0.3, 0.4) is 0 Å². The van der Waals surface area contributed by atoms with Crippen LogP contribution in [0, 0.1) is 0 Å². The summed E-state index contributed by atoms with van der Waals surface area (Å²) in [5, 5.41) is 6.61. The lowest BCUT2D eigenvalue weighted by molar-refractivity contribution is 0.102. The number of carbonyl (C=O) groups is 1. The number of carbonyl (C=O) groups excluding carboxylic acids is 1. The summed E-state index contributed by atoms with van der Waals surface area (Å²) in [6.07, 6.45) is 0. The predicted octanol–water partition coefficient (Wildman–Crippen LogP) is 4.30. The van der Waals surface area contributed by atoms with Gasteiger partial charge in [-0.25, -0.2) is 0 Å². The Morgan fingerprint density at radius 3 is 2.52 bits per heavy atom. The zero-order valence-corrected chi connectivity index (χ0v) is 13.0. The van der Waals surface area contributed by atoms with Crippen LogP contribution in [0.2, 0.25) is 10.0 Å². The van der Waals surface area contributed by atoms with E-state index in [4.69, 9.17) is 27.9 Å². The van der Waals surface area contributed by atoms with Gasteiger partial charge in [-0.2, -0.15) is 0 Å². The molecule has 2 aromatic rings. The fourth-order valence-corrected chi connectivity index (χ4v) is 2.18. The number of halogens is 2. The van der Waals surface area contributed by atoms with Crippen LogP contribution in [0.1, 0.15) is 10.4 Å². The molecule has 0 radical (unpaired) electrons. The van der Waals surface area contributed by atoms with Gasteiger partial charge >= 0.3 is 0 Å². The molecule has 0 saturated carbocycles. The number of amides is 1. The van der Waals surface area contributed by atoms with Crippen LogP contribution in [0.5, 0.6) is 5.75 Å². The van der Waals surface area contributed by atoms with Gasteiger partial charge in [-0.3, -0.25) is 4.79 Å². The fraction of sp³-hybridized carbons (Fsp3) is 0.133. The molecule has 0 unspecified atom stereocenters. The van der Waals surface area contributed by atoms with Crippen molar-refractivity contribution >= 4 is 40.5 Å². The van der Waals surface area contributed by atoms with E-state index < -0.39 is 0 Å². The largest absolute Gasteiger partial charge is 0.497 e. The van der Waals surface area contributed by atoms with Crippen LogP contribution in [-0.2, 0) is 0 Å².